The lowest BCUT2D eigenvalue weighted by Crippen LogP contribution is -2.45. The maximum atomic E-state index is 13.2. The Morgan fingerprint density at radius 3 is 2.44 bits per heavy atom. The summed E-state index contributed by atoms with van der Waals surface area (Å²) in [6.45, 7) is 0.236. The Labute approximate surface area is 213 Å². The molecule has 4 rings (SSSR count). The van der Waals surface area contributed by atoms with Crippen molar-refractivity contribution in [1.29, 1.82) is 0 Å². The molecule has 6 nitrogen and oxygen atoms in total. The average molecular weight is 586 g/mol. The second kappa shape index (κ2) is 10.3. The van der Waals surface area contributed by atoms with Crippen LogP contribution in [-0.2, 0) is 27.5 Å². The van der Waals surface area contributed by atoms with Gasteiger partial charge in [0.2, 0.25) is 15.9 Å². The average Bonchev–Trinajstić information content (AvgIpc) is 3.33. The number of benzene rings is 2. The van der Waals surface area contributed by atoms with E-state index >= 15 is 0 Å². The van der Waals surface area contributed by atoms with Gasteiger partial charge in [-0.1, -0.05) is 22.0 Å². The minimum atomic E-state index is -4.54. The van der Waals surface area contributed by atoms with Crippen LogP contribution in [0.4, 0.5) is 17.6 Å². The Bertz CT molecular complexity index is 1360. The van der Waals surface area contributed by atoms with Gasteiger partial charge in [0.25, 0.3) is 0 Å². The van der Waals surface area contributed by atoms with Crippen LogP contribution < -0.4 is 5.32 Å². The summed E-state index contributed by atoms with van der Waals surface area (Å²) < 4.78 is 79.4. The van der Waals surface area contributed by atoms with Crippen molar-refractivity contribution in [3.8, 4) is 11.1 Å². The highest BCUT2D eigenvalue weighted by Crippen LogP contribution is 2.31. The molecule has 1 saturated heterocycles. The van der Waals surface area contributed by atoms with Crippen molar-refractivity contribution in [2.24, 2.45) is 0 Å². The van der Waals surface area contributed by atoms with E-state index in [1.165, 1.54) is 6.07 Å². The number of nitrogens with zero attached hydrogens (tertiary/aromatic N) is 2. The Balaban J connectivity index is 1.48. The van der Waals surface area contributed by atoms with Crippen LogP contribution in [0.25, 0.3) is 11.1 Å². The summed E-state index contributed by atoms with van der Waals surface area (Å²) in [5.41, 5.74) is 0.712. The summed E-state index contributed by atoms with van der Waals surface area (Å²) in [6, 6.07) is 10.9. The summed E-state index contributed by atoms with van der Waals surface area (Å²) in [4.78, 5) is 16.3. The van der Waals surface area contributed by atoms with Crippen molar-refractivity contribution < 1.29 is 30.8 Å². The lowest BCUT2D eigenvalue weighted by Gasteiger charge is -2.23. The summed E-state index contributed by atoms with van der Waals surface area (Å²) >= 11 is 3.37. The van der Waals surface area contributed by atoms with Gasteiger partial charge in [0.1, 0.15) is 17.6 Å². The van der Waals surface area contributed by atoms with E-state index in [9.17, 15) is 30.8 Å². The third kappa shape index (κ3) is 5.76. The molecule has 36 heavy (non-hydrogen) atoms. The first-order chi connectivity index (χ1) is 16.9. The Morgan fingerprint density at radius 2 is 1.81 bits per heavy atom. The third-order valence-corrected chi connectivity index (χ3v) is 8.12. The second-order valence-corrected chi connectivity index (χ2v) is 11.0. The van der Waals surface area contributed by atoms with Gasteiger partial charge in [-0.2, -0.15) is 17.5 Å². The number of carbonyl (C=O) groups is 1. The number of carbonyl (C=O) groups excluding carboxylic acids is 1. The van der Waals surface area contributed by atoms with Gasteiger partial charge in [-0.3, -0.25) is 9.78 Å². The van der Waals surface area contributed by atoms with Gasteiger partial charge < -0.3 is 5.32 Å². The molecule has 2 aromatic carbocycles. The minimum Gasteiger partial charge on any atom is -0.351 e. The minimum absolute atomic E-state index is 0.0697. The number of amides is 1. The van der Waals surface area contributed by atoms with Crippen LogP contribution in [0.5, 0.6) is 0 Å². The van der Waals surface area contributed by atoms with Crippen molar-refractivity contribution in [2.75, 3.05) is 6.54 Å². The van der Waals surface area contributed by atoms with Crippen LogP contribution in [0, 0.1) is 5.82 Å². The molecule has 0 spiro atoms. The lowest BCUT2D eigenvalue weighted by molar-refractivity contribution is -0.141. The van der Waals surface area contributed by atoms with Gasteiger partial charge >= 0.3 is 6.18 Å². The van der Waals surface area contributed by atoms with E-state index in [1.807, 2.05) is 0 Å². The van der Waals surface area contributed by atoms with E-state index < -0.39 is 39.7 Å². The van der Waals surface area contributed by atoms with Crippen molar-refractivity contribution in [3.05, 3.63) is 82.3 Å². The molecule has 1 aliphatic rings. The number of halogens is 5. The van der Waals surface area contributed by atoms with Crippen molar-refractivity contribution >= 4 is 31.9 Å². The molecule has 0 unspecified atom stereocenters. The van der Waals surface area contributed by atoms with Crippen molar-refractivity contribution in [1.82, 2.24) is 14.6 Å². The monoisotopic (exact) mass is 585 g/mol. The normalized spacial score (nSPS) is 16.8. The van der Waals surface area contributed by atoms with E-state index in [-0.39, 0.29) is 18.0 Å². The van der Waals surface area contributed by atoms with Crippen LogP contribution in [0.15, 0.2) is 70.2 Å². The van der Waals surface area contributed by atoms with E-state index in [4.69, 9.17) is 0 Å². The number of nitrogens with one attached hydrogen (secondary N) is 1. The first kappa shape index (κ1) is 26.2. The number of rotatable bonds is 6. The molecule has 1 aliphatic heterocycles. The van der Waals surface area contributed by atoms with Crippen LogP contribution >= 0.6 is 15.9 Å². The molecular formula is C24H20BrF4N3O3S. The Kier molecular flexibility index (Phi) is 7.48. The van der Waals surface area contributed by atoms with Gasteiger partial charge in [0.05, 0.1) is 4.90 Å². The SMILES string of the molecule is O=C(NCc1cc(Br)cc(-c2ccc(C(F)(F)F)nc2)c1)[C@@H]1CCCN1S(=O)(=O)c1ccc(F)cc1. The summed E-state index contributed by atoms with van der Waals surface area (Å²) in [5, 5.41) is 2.75. The number of hydrogen-bond acceptors (Lipinski definition) is 4. The Morgan fingerprint density at radius 1 is 1.08 bits per heavy atom. The fourth-order valence-electron chi connectivity index (χ4n) is 3.99. The second-order valence-electron chi connectivity index (χ2n) is 8.22. The molecule has 1 fully saturated rings. The largest absolute Gasteiger partial charge is 0.433 e. The Hall–Kier alpha value is -2.83. The van der Waals surface area contributed by atoms with E-state index in [1.54, 1.807) is 18.2 Å². The fourth-order valence-corrected chi connectivity index (χ4v) is 6.19. The molecule has 1 amide bonds. The molecule has 1 N–H and O–H groups in total. The van der Waals surface area contributed by atoms with Crippen molar-refractivity contribution in [3.63, 3.8) is 0 Å². The highest BCUT2D eigenvalue weighted by molar-refractivity contribution is 9.10. The van der Waals surface area contributed by atoms with Crippen LogP contribution in [0.2, 0.25) is 0 Å². The van der Waals surface area contributed by atoms with Gasteiger partial charge in [-0.25, -0.2) is 12.8 Å². The maximum absolute atomic E-state index is 13.2. The summed E-state index contributed by atoms with van der Waals surface area (Å²) in [6.07, 6.45) is -2.57. The van der Waals surface area contributed by atoms with E-state index in [0.717, 1.165) is 40.8 Å². The fraction of sp³-hybridized carbons (Fsp3) is 0.250. The van der Waals surface area contributed by atoms with Crippen LogP contribution in [0.3, 0.4) is 0 Å². The molecule has 190 valence electrons. The first-order valence-corrected chi connectivity index (χ1v) is 13.1. The maximum Gasteiger partial charge on any atom is 0.433 e. The molecule has 1 atom stereocenters. The molecule has 0 saturated carbocycles. The zero-order chi connectivity index (χ0) is 26.1. The van der Waals surface area contributed by atoms with Gasteiger partial charge in [0.15, 0.2) is 0 Å². The molecule has 3 aromatic rings. The first-order valence-electron chi connectivity index (χ1n) is 10.8. The number of sulfonamides is 1. The quantitative estimate of drug-likeness (QED) is 0.406. The number of aromatic nitrogens is 1. The zero-order valence-corrected chi connectivity index (χ0v) is 21.0. The molecule has 0 bridgehead atoms. The smallest absolute Gasteiger partial charge is 0.351 e. The van der Waals surface area contributed by atoms with Crippen LogP contribution in [0.1, 0.15) is 24.1 Å². The van der Waals surface area contributed by atoms with E-state index in [2.05, 4.69) is 26.2 Å². The molecule has 2 heterocycles. The highest BCUT2D eigenvalue weighted by atomic mass is 79.9. The van der Waals surface area contributed by atoms with Crippen molar-refractivity contribution in [2.45, 2.75) is 36.5 Å². The van der Waals surface area contributed by atoms with Gasteiger partial charge in [0, 0.05) is 29.3 Å². The molecule has 12 heteroatoms. The lowest BCUT2D eigenvalue weighted by atomic mass is 10.0. The van der Waals surface area contributed by atoms with Gasteiger partial charge in [-0.05, 0) is 72.5 Å². The third-order valence-electron chi connectivity index (χ3n) is 5.74. The van der Waals surface area contributed by atoms with Gasteiger partial charge in [-0.15, -0.1) is 0 Å². The summed E-state index contributed by atoms with van der Waals surface area (Å²) in [5.74, 6) is -1.04. The molecular weight excluding hydrogens is 566 g/mol. The standard InChI is InChI=1S/C24H20BrF4N3O3S/c25-18-11-15(10-17(12-18)16-3-8-22(30-14-16)24(27,28)29)13-31-23(33)21-2-1-9-32(21)36(34,35)20-6-4-19(26)5-7-20/h3-8,10-12,14,21H,1-2,9,13H2,(H,31,33)/t21-/m0/s1. The van der Waals surface area contributed by atoms with E-state index in [0.29, 0.717) is 34.0 Å². The molecule has 0 radical (unpaired) electrons. The van der Waals surface area contributed by atoms with Crippen LogP contribution in [-0.4, -0.2) is 36.2 Å². The molecule has 0 aliphatic carbocycles. The highest BCUT2D eigenvalue weighted by Gasteiger charge is 2.39. The number of pyridine rings is 1. The topological polar surface area (TPSA) is 79.4 Å². The predicted molar refractivity (Wildman–Crippen MR) is 128 cm³/mol. The number of hydrogen-bond donors (Lipinski definition) is 1. The summed E-state index contributed by atoms with van der Waals surface area (Å²) in [7, 11) is -3.98. The predicted octanol–water partition coefficient (Wildman–Crippen LogP) is 5.14. The number of alkyl halides is 3. The molecule has 1 aromatic heterocycles. The zero-order valence-electron chi connectivity index (χ0n) is 18.6.